The van der Waals surface area contributed by atoms with E-state index < -0.39 is 24.1 Å². The molecule has 0 spiro atoms. The largest absolute Gasteiger partial charge is 0.453 e. The van der Waals surface area contributed by atoms with E-state index in [1.165, 1.54) is 0 Å². The Balaban J connectivity index is 2.26. The summed E-state index contributed by atoms with van der Waals surface area (Å²) in [4.78, 5) is 13.8. The van der Waals surface area contributed by atoms with Gasteiger partial charge in [-0.3, -0.25) is 0 Å². The van der Waals surface area contributed by atoms with Crippen LogP contribution >= 0.6 is 11.8 Å². The second-order valence-electron chi connectivity index (χ2n) is 7.18. The first kappa shape index (κ1) is 22.3. The fraction of sp³-hybridized carbons (Fsp3) is 0.938. The number of carbonyl (C=O) groups is 1. The van der Waals surface area contributed by atoms with Gasteiger partial charge in [0.2, 0.25) is 0 Å². The monoisotopic (exact) mass is 391 g/mol. The van der Waals surface area contributed by atoms with Crippen LogP contribution < -0.4 is 0 Å². The highest BCUT2D eigenvalue weighted by molar-refractivity contribution is 7.99. The molecule has 0 aromatic carbocycles. The lowest BCUT2D eigenvalue weighted by Crippen LogP contribution is -2.39. The van der Waals surface area contributed by atoms with Crippen LogP contribution in [-0.2, 0) is 4.74 Å². The van der Waals surface area contributed by atoms with E-state index in [0.29, 0.717) is 25.1 Å². The number of amides is 1. The van der Waals surface area contributed by atoms with Gasteiger partial charge in [-0.05, 0) is 58.0 Å². The summed E-state index contributed by atoms with van der Waals surface area (Å²) in [7, 11) is 0. The van der Waals surface area contributed by atoms with Crippen LogP contribution in [0.2, 0.25) is 0 Å². The molecule has 0 bridgehead atoms. The highest BCUT2D eigenvalue weighted by atomic mass is 32.2. The predicted octanol–water partition coefficient (Wildman–Crippen LogP) is 5.49. The summed E-state index contributed by atoms with van der Waals surface area (Å²) in [6.45, 7) is 6.01. The van der Waals surface area contributed by atoms with Gasteiger partial charge in [-0.2, -0.15) is 33.7 Å². The van der Waals surface area contributed by atoms with Gasteiger partial charge in [-0.15, -0.1) is 0 Å². The quantitative estimate of drug-likeness (QED) is 0.425. The maximum atomic E-state index is 12.8. The molecule has 0 aromatic rings. The Labute approximate surface area is 149 Å². The molecule has 0 saturated carbocycles. The zero-order valence-corrected chi connectivity index (χ0v) is 15.6. The van der Waals surface area contributed by atoms with E-state index in [4.69, 9.17) is 4.74 Å². The highest BCUT2D eigenvalue weighted by Gasteiger charge is 2.56. The van der Waals surface area contributed by atoms with E-state index in [9.17, 15) is 26.7 Å². The summed E-state index contributed by atoms with van der Waals surface area (Å²) >= 11 is 1.08. The average Bonchev–Trinajstić information content (AvgIpc) is 2.87. The summed E-state index contributed by atoms with van der Waals surface area (Å²) in [6.07, 6.45) is -3.94. The molecule has 0 unspecified atom stereocenters. The standard InChI is InChI=1S/C16H26F5NO2S/c1-14(2,3)24-13(23)22-9-4-6-12(22)7-5-10-25-11-8-15(17,18)16(19,20)21/h12H,4-11H2,1-3H3/t12-/m1/s1. The Kier molecular flexibility index (Phi) is 7.83. The molecule has 0 aromatic heterocycles. The van der Waals surface area contributed by atoms with Gasteiger partial charge in [0.1, 0.15) is 5.60 Å². The maximum absolute atomic E-state index is 12.8. The zero-order valence-electron chi connectivity index (χ0n) is 14.8. The van der Waals surface area contributed by atoms with E-state index in [1.807, 2.05) is 0 Å². The van der Waals surface area contributed by atoms with Crippen LogP contribution in [0.15, 0.2) is 0 Å². The van der Waals surface area contributed by atoms with Crippen LogP contribution in [0.25, 0.3) is 0 Å². The number of halogens is 5. The summed E-state index contributed by atoms with van der Waals surface area (Å²) < 4.78 is 67.0. The normalized spacial score (nSPS) is 19.4. The van der Waals surface area contributed by atoms with Crippen molar-refractivity contribution in [2.75, 3.05) is 18.1 Å². The van der Waals surface area contributed by atoms with Crippen LogP contribution in [0, 0.1) is 0 Å². The minimum absolute atomic E-state index is 0.0482. The van der Waals surface area contributed by atoms with Crippen molar-refractivity contribution in [1.29, 1.82) is 0 Å². The SMILES string of the molecule is CC(C)(C)OC(=O)N1CCC[C@@H]1CCCSCCC(F)(F)C(F)(F)F. The summed E-state index contributed by atoms with van der Waals surface area (Å²) in [5.74, 6) is -4.38. The lowest BCUT2D eigenvalue weighted by molar-refractivity contribution is -0.282. The zero-order chi connectivity index (χ0) is 19.3. The number of alkyl halides is 5. The number of thioether (sulfide) groups is 1. The molecule has 9 heteroatoms. The molecule has 25 heavy (non-hydrogen) atoms. The molecule has 148 valence electrons. The van der Waals surface area contributed by atoms with Gasteiger partial charge in [-0.1, -0.05) is 0 Å². The molecular formula is C16H26F5NO2S. The van der Waals surface area contributed by atoms with Crippen molar-refractivity contribution in [3.63, 3.8) is 0 Å². The van der Waals surface area contributed by atoms with Crippen molar-refractivity contribution < 1.29 is 31.5 Å². The average molecular weight is 391 g/mol. The van der Waals surface area contributed by atoms with Gasteiger partial charge >= 0.3 is 18.2 Å². The van der Waals surface area contributed by atoms with E-state index in [0.717, 1.165) is 24.6 Å². The smallest absolute Gasteiger partial charge is 0.444 e. The molecule has 1 aliphatic rings. The molecule has 1 rings (SSSR count). The number of ether oxygens (including phenoxy) is 1. The van der Waals surface area contributed by atoms with Crippen molar-refractivity contribution in [3.05, 3.63) is 0 Å². The summed E-state index contributed by atoms with van der Waals surface area (Å²) in [6, 6.07) is 0.0482. The van der Waals surface area contributed by atoms with Crippen molar-refractivity contribution in [2.45, 2.75) is 76.6 Å². The van der Waals surface area contributed by atoms with E-state index >= 15 is 0 Å². The van der Waals surface area contributed by atoms with Crippen LogP contribution in [-0.4, -0.2) is 52.8 Å². The lowest BCUT2D eigenvalue weighted by atomic mass is 10.1. The van der Waals surface area contributed by atoms with Crippen molar-refractivity contribution in [2.24, 2.45) is 0 Å². The maximum Gasteiger partial charge on any atom is 0.453 e. The minimum Gasteiger partial charge on any atom is -0.444 e. The minimum atomic E-state index is -5.48. The molecule has 3 nitrogen and oxygen atoms in total. The Bertz CT molecular complexity index is 437. The second kappa shape index (κ2) is 8.77. The van der Waals surface area contributed by atoms with E-state index in [2.05, 4.69) is 0 Å². The molecule has 1 aliphatic heterocycles. The van der Waals surface area contributed by atoms with Gasteiger partial charge in [0.25, 0.3) is 0 Å². The van der Waals surface area contributed by atoms with Gasteiger partial charge < -0.3 is 9.64 Å². The first-order valence-electron chi connectivity index (χ1n) is 8.35. The third-order valence-electron chi connectivity index (χ3n) is 3.81. The van der Waals surface area contributed by atoms with Gasteiger partial charge in [0.15, 0.2) is 0 Å². The molecule has 1 fully saturated rings. The first-order valence-corrected chi connectivity index (χ1v) is 9.51. The molecule has 0 aliphatic carbocycles. The molecular weight excluding hydrogens is 365 g/mol. The van der Waals surface area contributed by atoms with Crippen LogP contribution in [0.5, 0.6) is 0 Å². The van der Waals surface area contributed by atoms with E-state index in [1.54, 1.807) is 25.7 Å². The van der Waals surface area contributed by atoms with E-state index in [-0.39, 0.29) is 17.9 Å². The topological polar surface area (TPSA) is 29.5 Å². The fourth-order valence-corrected chi connectivity index (χ4v) is 3.54. The van der Waals surface area contributed by atoms with Crippen LogP contribution in [0.4, 0.5) is 26.7 Å². The molecule has 1 heterocycles. The van der Waals surface area contributed by atoms with Gasteiger partial charge in [0.05, 0.1) is 0 Å². The number of nitrogens with zero attached hydrogens (tertiary/aromatic N) is 1. The Morgan fingerprint density at radius 3 is 2.36 bits per heavy atom. The first-order chi connectivity index (χ1) is 11.3. The summed E-state index contributed by atoms with van der Waals surface area (Å²) in [5.41, 5.74) is -0.566. The Morgan fingerprint density at radius 1 is 1.16 bits per heavy atom. The van der Waals surface area contributed by atoms with Crippen LogP contribution in [0.1, 0.15) is 52.9 Å². The summed E-state index contributed by atoms with van der Waals surface area (Å²) in [5, 5.41) is 0. The number of rotatable bonds is 7. The lowest BCUT2D eigenvalue weighted by Gasteiger charge is -2.28. The van der Waals surface area contributed by atoms with Crippen LogP contribution in [0.3, 0.4) is 0 Å². The molecule has 1 atom stereocenters. The Morgan fingerprint density at radius 2 is 1.80 bits per heavy atom. The molecule has 0 N–H and O–H groups in total. The third kappa shape index (κ3) is 7.58. The molecule has 1 amide bonds. The second-order valence-corrected chi connectivity index (χ2v) is 8.40. The van der Waals surface area contributed by atoms with Crippen molar-refractivity contribution in [1.82, 2.24) is 4.90 Å². The van der Waals surface area contributed by atoms with Gasteiger partial charge in [-0.25, -0.2) is 4.79 Å². The Hall–Kier alpha value is -0.730. The van der Waals surface area contributed by atoms with Crippen molar-refractivity contribution in [3.8, 4) is 0 Å². The third-order valence-corrected chi connectivity index (χ3v) is 4.88. The number of likely N-dealkylation sites (tertiary alicyclic amines) is 1. The molecule has 0 radical (unpaired) electrons. The highest BCUT2D eigenvalue weighted by Crippen LogP contribution is 2.38. The van der Waals surface area contributed by atoms with Crippen molar-refractivity contribution >= 4 is 17.9 Å². The predicted molar refractivity (Wildman–Crippen MR) is 88.1 cm³/mol. The number of carbonyl (C=O) groups excluding carboxylic acids is 1. The van der Waals surface area contributed by atoms with Gasteiger partial charge in [0, 0.05) is 19.0 Å². The molecule has 1 saturated heterocycles. The number of hydrogen-bond donors (Lipinski definition) is 0. The fourth-order valence-electron chi connectivity index (χ4n) is 2.56. The number of hydrogen-bond acceptors (Lipinski definition) is 3.